The standard InChI is InChI=1S/C18H25N5OS.HI/c1-13(15-8-10-25-12-15)11-21-18(19-3)20-9-7-17(24)23-16-6-4-5-14(2)22-16;/h4-6,8,10,12-13H,7,9,11H2,1-3H3,(H2,19,20,21)(H,22,23,24);1H. The lowest BCUT2D eigenvalue weighted by atomic mass is 10.1. The van der Waals surface area contributed by atoms with Crippen LogP contribution in [0.3, 0.4) is 0 Å². The van der Waals surface area contributed by atoms with E-state index in [1.807, 2.05) is 19.1 Å². The molecule has 0 saturated heterocycles. The molecule has 0 aliphatic rings. The molecule has 0 spiro atoms. The monoisotopic (exact) mass is 487 g/mol. The number of pyridine rings is 1. The van der Waals surface area contributed by atoms with Gasteiger partial charge >= 0.3 is 0 Å². The number of amides is 1. The summed E-state index contributed by atoms with van der Waals surface area (Å²) in [6.45, 7) is 5.36. The fourth-order valence-electron chi connectivity index (χ4n) is 2.26. The van der Waals surface area contributed by atoms with E-state index in [2.05, 4.69) is 49.7 Å². The summed E-state index contributed by atoms with van der Waals surface area (Å²) in [7, 11) is 1.72. The van der Waals surface area contributed by atoms with Crippen molar-refractivity contribution in [2.45, 2.75) is 26.2 Å². The zero-order valence-corrected chi connectivity index (χ0v) is 18.4. The molecule has 2 heterocycles. The van der Waals surface area contributed by atoms with E-state index in [0.717, 1.165) is 12.2 Å². The van der Waals surface area contributed by atoms with E-state index in [1.165, 1.54) is 5.56 Å². The van der Waals surface area contributed by atoms with Crippen LogP contribution in [0, 0.1) is 6.92 Å². The molecule has 8 heteroatoms. The van der Waals surface area contributed by atoms with Gasteiger partial charge in [0.05, 0.1) is 0 Å². The summed E-state index contributed by atoms with van der Waals surface area (Å²) in [5.41, 5.74) is 2.19. The number of halogens is 1. The highest BCUT2D eigenvalue weighted by Gasteiger charge is 2.08. The van der Waals surface area contributed by atoms with Gasteiger partial charge in [0.2, 0.25) is 5.91 Å². The fraction of sp³-hybridized carbons (Fsp3) is 0.389. The number of rotatable bonds is 7. The van der Waals surface area contributed by atoms with Gasteiger partial charge in [-0.1, -0.05) is 13.0 Å². The zero-order valence-electron chi connectivity index (χ0n) is 15.3. The first-order valence-corrected chi connectivity index (χ1v) is 9.23. The van der Waals surface area contributed by atoms with Gasteiger partial charge in [-0.3, -0.25) is 9.79 Å². The van der Waals surface area contributed by atoms with Crippen molar-refractivity contribution in [3.05, 3.63) is 46.3 Å². The van der Waals surface area contributed by atoms with Gasteiger partial charge in [-0.05, 0) is 47.4 Å². The van der Waals surface area contributed by atoms with Gasteiger partial charge in [0.25, 0.3) is 0 Å². The minimum absolute atomic E-state index is 0. The topological polar surface area (TPSA) is 78.4 Å². The van der Waals surface area contributed by atoms with Gasteiger partial charge in [-0.25, -0.2) is 4.98 Å². The SMILES string of the molecule is CN=C(NCCC(=O)Nc1cccc(C)n1)NCC(C)c1ccsc1.I. The Morgan fingerprint density at radius 1 is 1.31 bits per heavy atom. The smallest absolute Gasteiger partial charge is 0.227 e. The van der Waals surface area contributed by atoms with Crippen LogP contribution in [0.15, 0.2) is 40.0 Å². The Kier molecular flexibility index (Phi) is 10.2. The number of carbonyl (C=O) groups excluding carboxylic acids is 1. The lowest BCUT2D eigenvalue weighted by Gasteiger charge is -2.15. The molecule has 0 aromatic carbocycles. The van der Waals surface area contributed by atoms with Crippen molar-refractivity contribution in [1.82, 2.24) is 15.6 Å². The summed E-state index contributed by atoms with van der Waals surface area (Å²) in [5.74, 6) is 1.61. The van der Waals surface area contributed by atoms with E-state index in [4.69, 9.17) is 0 Å². The summed E-state index contributed by atoms with van der Waals surface area (Å²) < 4.78 is 0. The van der Waals surface area contributed by atoms with Crippen LogP contribution in [-0.4, -0.2) is 37.0 Å². The van der Waals surface area contributed by atoms with Crippen LogP contribution in [0.1, 0.15) is 30.5 Å². The van der Waals surface area contributed by atoms with E-state index in [9.17, 15) is 4.79 Å². The number of nitrogens with one attached hydrogen (secondary N) is 3. The molecule has 1 unspecified atom stereocenters. The van der Waals surface area contributed by atoms with Crippen LogP contribution < -0.4 is 16.0 Å². The number of aliphatic imine (C=N–C) groups is 1. The second-order valence-corrected chi connectivity index (χ2v) is 6.58. The molecule has 26 heavy (non-hydrogen) atoms. The highest BCUT2D eigenvalue weighted by Crippen LogP contribution is 2.16. The van der Waals surface area contributed by atoms with Crippen molar-refractivity contribution in [1.29, 1.82) is 0 Å². The summed E-state index contributed by atoms with van der Waals surface area (Å²) in [5, 5.41) is 13.5. The molecule has 0 radical (unpaired) electrons. The van der Waals surface area contributed by atoms with Gasteiger partial charge in [0.1, 0.15) is 5.82 Å². The first-order valence-electron chi connectivity index (χ1n) is 8.28. The molecule has 142 valence electrons. The summed E-state index contributed by atoms with van der Waals surface area (Å²) >= 11 is 1.70. The van der Waals surface area contributed by atoms with E-state index in [0.29, 0.717) is 30.7 Å². The third kappa shape index (κ3) is 7.69. The molecule has 0 bridgehead atoms. The molecular weight excluding hydrogens is 461 g/mol. The second-order valence-electron chi connectivity index (χ2n) is 5.80. The van der Waals surface area contributed by atoms with Gasteiger partial charge in [-0.15, -0.1) is 24.0 Å². The first-order chi connectivity index (χ1) is 12.1. The van der Waals surface area contributed by atoms with Gasteiger partial charge in [-0.2, -0.15) is 11.3 Å². The van der Waals surface area contributed by atoms with Gasteiger partial charge in [0.15, 0.2) is 5.96 Å². The number of nitrogens with zero attached hydrogens (tertiary/aromatic N) is 2. The minimum Gasteiger partial charge on any atom is -0.356 e. The molecule has 2 aromatic heterocycles. The molecule has 0 saturated carbocycles. The average Bonchev–Trinajstić information content (AvgIpc) is 3.12. The zero-order chi connectivity index (χ0) is 18.1. The Hall–Kier alpha value is -1.68. The van der Waals surface area contributed by atoms with Crippen molar-refractivity contribution in [2.75, 3.05) is 25.5 Å². The van der Waals surface area contributed by atoms with Crippen LogP contribution in [0.2, 0.25) is 0 Å². The predicted octanol–water partition coefficient (Wildman–Crippen LogP) is 3.37. The third-order valence-corrected chi connectivity index (χ3v) is 4.41. The molecular formula is C18H26IN5OS. The van der Waals surface area contributed by atoms with Crippen LogP contribution in [-0.2, 0) is 4.79 Å². The Bertz CT molecular complexity index is 705. The number of hydrogen-bond acceptors (Lipinski definition) is 4. The minimum atomic E-state index is -0.0762. The molecule has 2 aromatic rings. The Morgan fingerprint density at radius 3 is 2.77 bits per heavy atom. The van der Waals surface area contributed by atoms with Crippen molar-refractivity contribution in [2.24, 2.45) is 4.99 Å². The number of hydrogen-bond donors (Lipinski definition) is 3. The first kappa shape index (κ1) is 22.4. The summed E-state index contributed by atoms with van der Waals surface area (Å²) in [6, 6.07) is 7.68. The van der Waals surface area contributed by atoms with Crippen molar-refractivity contribution < 1.29 is 4.79 Å². The molecule has 0 aliphatic carbocycles. The third-order valence-electron chi connectivity index (χ3n) is 3.71. The number of guanidine groups is 1. The van der Waals surface area contributed by atoms with Crippen molar-refractivity contribution >= 4 is 53.0 Å². The van der Waals surface area contributed by atoms with Crippen LogP contribution >= 0.6 is 35.3 Å². The molecule has 3 N–H and O–H groups in total. The Morgan fingerprint density at radius 2 is 2.12 bits per heavy atom. The van der Waals surface area contributed by atoms with Crippen molar-refractivity contribution in [3.63, 3.8) is 0 Å². The normalized spacial score (nSPS) is 12.0. The number of aryl methyl sites for hydroxylation is 1. The maximum absolute atomic E-state index is 12.0. The number of carbonyl (C=O) groups is 1. The molecule has 6 nitrogen and oxygen atoms in total. The van der Waals surface area contributed by atoms with E-state index >= 15 is 0 Å². The molecule has 1 amide bonds. The lowest BCUT2D eigenvalue weighted by molar-refractivity contribution is -0.116. The highest BCUT2D eigenvalue weighted by molar-refractivity contribution is 14.0. The average molecular weight is 487 g/mol. The predicted molar refractivity (Wildman–Crippen MR) is 120 cm³/mol. The largest absolute Gasteiger partial charge is 0.356 e. The molecule has 0 fully saturated rings. The fourth-order valence-corrected chi connectivity index (χ4v) is 3.04. The Labute approximate surface area is 175 Å². The van der Waals surface area contributed by atoms with Crippen LogP contribution in [0.4, 0.5) is 5.82 Å². The molecule has 2 rings (SSSR count). The number of aromatic nitrogens is 1. The van der Waals surface area contributed by atoms with E-state index < -0.39 is 0 Å². The van der Waals surface area contributed by atoms with Crippen LogP contribution in [0.25, 0.3) is 0 Å². The van der Waals surface area contributed by atoms with Crippen molar-refractivity contribution in [3.8, 4) is 0 Å². The quantitative estimate of drug-likeness (QED) is 0.318. The maximum Gasteiger partial charge on any atom is 0.227 e. The maximum atomic E-state index is 12.0. The second kappa shape index (κ2) is 11.8. The highest BCUT2D eigenvalue weighted by atomic mass is 127. The Balaban J connectivity index is 0.00000338. The van der Waals surface area contributed by atoms with Gasteiger partial charge < -0.3 is 16.0 Å². The van der Waals surface area contributed by atoms with E-state index in [1.54, 1.807) is 24.5 Å². The summed E-state index contributed by atoms with van der Waals surface area (Å²) in [4.78, 5) is 20.4. The lowest BCUT2D eigenvalue weighted by Crippen LogP contribution is -2.40. The van der Waals surface area contributed by atoms with Gasteiger partial charge in [0, 0.05) is 32.3 Å². The molecule has 0 aliphatic heterocycles. The number of thiophene rings is 1. The number of anilines is 1. The summed E-state index contributed by atoms with van der Waals surface area (Å²) in [6.07, 6.45) is 0.344. The van der Waals surface area contributed by atoms with E-state index in [-0.39, 0.29) is 29.9 Å². The van der Waals surface area contributed by atoms with Crippen LogP contribution in [0.5, 0.6) is 0 Å². The molecule has 1 atom stereocenters.